The second kappa shape index (κ2) is 8.19. The van der Waals surface area contributed by atoms with Gasteiger partial charge in [0.1, 0.15) is 0 Å². The summed E-state index contributed by atoms with van der Waals surface area (Å²) >= 11 is 0. The lowest BCUT2D eigenvalue weighted by Gasteiger charge is -2.15. The lowest BCUT2D eigenvalue weighted by atomic mass is 10.1. The first kappa shape index (κ1) is 16.9. The molecule has 1 saturated heterocycles. The zero-order valence-corrected chi connectivity index (χ0v) is 12.6. The molecule has 1 fully saturated rings. The van der Waals surface area contributed by atoms with Crippen LogP contribution in [0.15, 0.2) is 24.3 Å². The fourth-order valence-corrected chi connectivity index (χ4v) is 2.64. The van der Waals surface area contributed by atoms with Gasteiger partial charge in [-0.3, -0.25) is 10.1 Å². The Morgan fingerprint density at radius 2 is 2.10 bits per heavy atom. The number of benzene rings is 1. The molecule has 112 valence electrons. The maximum absolute atomic E-state index is 10.6. The number of hydrogen-bond donors (Lipinski definition) is 1. The number of hydrogen-bond acceptors (Lipinski definition) is 4. The highest BCUT2D eigenvalue weighted by atomic mass is 35.5. The van der Waals surface area contributed by atoms with E-state index in [1.807, 2.05) is 19.2 Å². The smallest absolute Gasteiger partial charge is 0.269 e. The van der Waals surface area contributed by atoms with Crippen molar-refractivity contribution in [2.45, 2.75) is 12.8 Å². The normalized spacial score (nSPS) is 18.8. The van der Waals surface area contributed by atoms with Gasteiger partial charge >= 0.3 is 0 Å². The number of nitro benzene ring substituents is 1. The number of nitro groups is 1. The van der Waals surface area contributed by atoms with Crippen LogP contribution in [0.3, 0.4) is 0 Å². The maximum atomic E-state index is 10.6. The van der Waals surface area contributed by atoms with E-state index in [4.69, 9.17) is 0 Å². The monoisotopic (exact) mass is 299 g/mol. The summed E-state index contributed by atoms with van der Waals surface area (Å²) < 4.78 is 0. The molecule has 1 aliphatic heterocycles. The Hall–Kier alpha value is -1.17. The van der Waals surface area contributed by atoms with Crippen molar-refractivity contribution in [2.75, 3.05) is 33.2 Å². The van der Waals surface area contributed by atoms with Crippen LogP contribution in [0.1, 0.15) is 12.0 Å². The number of nitrogens with one attached hydrogen (secondary N) is 1. The van der Waals surface area contributed by atoms with E-state index in [0.29, 0.717) is 0 Å². The summed E-state index contributed by atoms with van der Waals surface area (Å²) in [5.41, 5.74) is 1.33. The summed E-state index contributed by atoms with van der Waals surface area (Å²) in [7, 11) is 2.00. The van der Waals surface area contributed by atoms with E-state index >= 15 is 0 Å². The molecule has 1 atom stereocenters. The second-order valence-electron chi connectivity index (χ2n) is 5.19. The predicted octanol–water partition coefficient (Wildman–Crippen LogP) is 2.10. The fourth-order valence-electron chi connectivity index (χ4n) is 2.64. The summed E-state index contributed by atoms with van der Waals surface area (Å²) in [6.45, 7) is 4.46. The lowest BCUT2D eigenvalue weighted by Crippen LogP contribution is -2.26. The number of nitrogens with zero attached hydrogens (tertiary/aromatic N) is 2. The molecule has 20 heavy (non-hydrogen) atoms. The molecule has 0 saturated carbocycles. The first-order valence-corrected chi connectivity index (χ1v) is 6.79. The van der Waals surface area contributed by atoms with E-state index in [2.05, 4.69) is 10.2 Å². The van der Waals surface area contributed by atoms with Gasteiger partial charge in [0.15, 0.2) is 0 Å². The Balaban J connectivity index is 0.00000200. The molecule has 2 rings (SSSR count). The van der Waals surface area contributed by atoms with Gasteiger partial charge in [0.2, 0.25) is 0 Å². The van der Waals surface area contributed by atoms with Gasteiger partial charge in [-0.15, -0.1) is 12.4 Å². The summed E-state index contributed by atoms with van der Waals surface area (Å²) in [6, 6.07) is 6.89. The third-order valence-electron chi connectivity index (χ3n) is 3.73. The van der Waals surface area contributed by atoms with Gasteiger partial charge in [0.25, 0.3) is 5.69 Å². The van der Waals surface area contributed by atoms with Crippen LogP contribution < -0.4 is 5.32 Å². The van der Waals surface area contributed by atoms with E-state index in [-0.39, 0.29) is 23.0 Å². The van der Waals surface area contributed by atoms with Crippen molar-refractivity contribution in [2.24, 2.45) is 5.92 Å². The third-order valence-corrected chi connectivity index (χ3v) is 3.73. The Morgan fingerprint density at radius 3 is 2.70 bits per heavy atom. The van der Waals surface area contributed by atoms with E-state index in [1.165, 1.54) is 18.5 Å². The van der Waals surface area contributed by atoms with E-state index in [9.17, 15) is 10.1 Å². The zero-order chi connectivity index (χ0) is 13.7. The first-order chi connectivity index (χ1) is 9.19. The van der Waals surface area contributed by atoms with Crippen LogP contribution in [0.25, 0.3) is 0 Å². The van der Waals surface area contributed by atoms with E-state index in [1.54, 1.807) is 12.1 Å². The fraction of sp³-hybridized carbons (Fsp3) is 0.571. The summed E-state index contributed by atoms with van der Waals surface area (Å²) in [4.78, 5) is 12.7. The van der Waals surface area contributed by atoms with Crippen LogP contribution in [0, 0.1) is 16.0 Å². The highest BCUT2D eigenvalue weighted by molar-refractivity contribution is 5.85. The van der Waals surface area contributed by atoms with Crippen molar-refractivity contribution in [1.82, 2.24) is 10.2 Å². The van der Waals surface area contributed by atoms with Crippen LogP contribution in [-0.4, -0.2) is 43.0 Å². The largest absolute Gasteiger partial charge is 0.319 e. The summed E-state index contributed by atoms with van der Waals surface area (Å²) in [6.07, 6.45) is 2.23. The van der Waals surface area contributed by atoms with Crippen molar-refractivity contribution in [1.29, 1.82) is 0 Å². The van der Waals surface area contributed by atoms with Gasteiger partial charge in [0, 0.05) is 25.2 Å². The van der Waals surface area contributed by atoms with Gasteiger partial charge in [-0.2, -0.15) is 0 Å². The number of non-ortho nitro benzene ring substituents is 1. The molecule has 0 bridgehead atoms. The quantitative estimate of drug-likeness (QED) is 0.645. The molecule has 5 nitrogen and oxygen atoms in total. The molecule has 0 amide bonds. The van der Waals surface area contributed by atoms with Gasteiger partial charge in [0.05, 0.1) is 4.92 Å². The molecule has 1 heterocycles. The van der Waals surface area contributed by atoms with Crippen molar-refractivity contribution < 1.29 is 4.92 Å². The first-order valence-electron chi connectivity index (χ1n) is 6.79. The number of rotatable bonds is 6. The molecule has 1 aromatic rings. The van der Waals surface area contributed by atoms with Crippen molar-refractivity contribution in [3.63, 3.8) is 0 Å². The number of halogens is 1. The van der Waals surface area contributed by atoms with Crippen molar-refractivity contribution in [3.8, 4) is 0 Å². The molecular formula is C14H22ClN3O2. The highest BCUT2D eigenvalue weighted by Crippen LogP contribution is 2.17. The average molecular weight is 300 g/mol. The average Bonchev–Trinajstić information content (AvgIpc) is 2.85. The van der Waals surface area contributed by atoms with Crippen LogP contribution >= 0.6 is 12.4 Å². The maximum Gasteiger partial charge on any atom is 0.269 e. The highest BCUT2D eigenvalue weighted by Gasteiger charge is 2.21. The van der Waals surface area contributed by atoms with E-state index in [0.717, 1.165) is 32.0 Å². The minimum Gasteiger partial charge on any atom is -0.319 e. The van der Waals surface area contributed by atoms with Crippen molar-refractivity contribution >= 4 is 18.1 Å². The zero-order valence-electron chi connectivity index (χ0n) is 11.7. The molecule has 1 unspecified atom stereocenters. The third kappa shape index (κ3) is 4.74. The van der Waals surface area contributed by atoms with Crippen molar-refractivity contribution in [3.05, 3.63) is 39.9 Å². The topological polar surface area (TPSA) is 58.4 Å². The molecular weight excluding hydrogens is 278 g/mol. The standard InChI is InChI=1S/C14H21N3O2.ClH/c1-15-10-13-7-9-16(11-13)8-6-12-2-4-14(5-3-12)17(18)19;/h2-5,13,15H,6-11H2,1H3;1H. The Kier molecular flexibility index (Phi) is 6.91. The Labute approximate surface area is 125 Å². The molecule has 1 aliphatic rings. The summed E-state index contributed by atoms with van der Waals surface area (Å²) in [5.74, 6) is 0.766. The van der Waals surface area contributed by atoms with Gasteiger partial charge in [-0.25, -0.2) is 0 Å². The lowest BCUT2D eigenvalue weighted by molar-refractivity contribution is -0.384. The Morgan fingerprint density at radius 1 is 1.40 bits per heavy atom. The summed E-state index contributed by atoms with van der Waals surface area (Å²) in [5, 5.41) is 13.8. The van der Waals surface area contributed by atoms with Gasteiger partial charge in [-0.05, 0) is 44.5 Å². The number of likely N-dealkylation sites (tertiary alicyclic amines) is 1. The molecule has 0 radical (unpaired) electrons. The molecule has 0 aromatic heterocycles. The van der Waals surface area contributed by atoms with Crippen LogP contribution in [0.4, 0.5) is 5.69 Å². The molecule has 1 aromatic carbocycles. The van der Waals surface area contributed by atoms with Gasteiger partial charge < -0.3 is 10.2 Å². The predicted molar refractivity (Wildman–Crippen MR) is 82.5 cm³/mol. The molecule has 6 heteroatoms. The molecule has 0 spiro atoms. The van der Waals surface area contributed by atoms with E-state index < -0.39 is 0 Å². The van der Waals surface area contributed by atoms with Crippen LogP contribution in [0.5, 0.6) is 0 Å². The van der Waals surface area contributed by atoms with Gasteiger partial charge in [-0.1, -0.05) is 12.1 Å². The minimum atomic E-state index is -0.355. The SMILES string of the molecule is CNCC1CCN(CCc2ccc([N+](=O)[O-])cc2)C1.Cl. The second-order valence-corrected chi connectivity index (χ2v) is 5.19. The van der Waals surface area contributed by atoms with Crippen LogP contribution in [0.2, 0.25) is 0 Å². The Bertz CT molecular complexity index is 425. The molecule has 0 aliphatic carbocycles. The molecule has 1 N–H and O–H groups in total. The minimum absolute atomic E-state index is 0. The van der Waals surface area contributed by atoms with Crippen LogP contribution in [-0.2, 0) is 6.42 Å².